The van der Waals surface area contributed by atoms with E-state index in [1.807, 2.05) is 32.1 Å². The van der Waals surface area contributed by atoms with E-state index in [9.17, 15) is 0 Å². The van der Waals surface area contributed by atoms with Crippen molar-refractivity contribution in [1.29, 1.82) is 0 Å². The topological polar surface area (TPSA) is 12.4 Å². The fourth-order valence-electron chi connectivity index (χ4n) is 2.78. The molecule has 0 spiro atoms. The Hall–Kier alpha value is -2.93. The summed E-state index contributed by atoms with van der Waals surface area (Å²) in [6.45, 7) is 16.3. The first-order chi connectivity index (χ1) is 12.5. The van der Waals surface area contributed by atoms with Crippen LogP contribution in [-0.4, -0.2) is 5.71 Å². The molecule has 0 aliphatic heterocycles. The smallest absolute Gasteiger partial charge is 0.0636 e. The van der Waals surface area contributed by atoms with Crippen molar-refractivity contribution in [2.45, 2.75) is 27.7 Å². The molecule has 132 valence electrons. The molecule has 0 N–H and O–H groups in total. The highest BCUT2D eigenvalue weighted by molar-refractivity contribution is 6.02. The normalized spacial score (nSPS) is 12.5. The van der Waals surface area contributed by atoms with E-state index in [1.54, 1.807) is 0 Å². The van der Waals surface area contributed by atoms with E-state index in [1.165, 1.54) is 11.1 Å². The van der Waals surface area contributed by atoms with Crippen molar-refractivity contribution in [2.24, 2.45) is 4.99 Å². The number of rotatable bonds is 6. The molecule has 2 aromatic carbocycles. The van der Waals surface area contributed by atoms with Crippen LogP contribution in [0.15, 0.2) is 84.9 Å². The summed E-state index contributed by atoms with van der Waals surface area (Å²) in [6.07, 6.45) is 7.96. The molecule has 0 aromatic heterocycles. The Balaban J connectivity index is 2.28. The lowest BCUT2D eigenvalue weighted by Crippen LogP contribution is -1.97. The summed E-state index contributed by atoms with van der Waals surface area (Å²) in [4.78, 5) is 4.74. The molecule has 2 aromatic rings. The molecule has 0 aliphatic rings. The standard InChI is InChI=1S/C25H27N/c1-7-9-12-22(8-2)24-16-14-23(15-17-24)20(5)26-21(6)25-13-10-11-18(3)19(25)4/h7-17H,2,6H2,1,3-5H3/b9-7-,22-12+,26-20?. The first-order valence-electron chi connectivity index (χ1n) is 8.85. The quantitative estimate of drug-likeness (QED) is 0.399. The lowest BCUT2D eigenvalue weighted by molar-refractivity contribution is 1.30. The van der Waals surface area contributed by atoms with Crippen LogP contribution >= 0.6 is 0 Å². The summed E-state index contributed by atoms with van der Waals surface area (Å²) >= 11 is 0. The molecule has 2 rings (SSSR count). The zero-order valence-corrected chi connectivity index (χ0v) is 16.2. The van der Waals surface area contributed by atoms with E-state index in [0.29, 0.717) is 0 Å². The summed E-state index contributed by atoms with van der Waals surface area (Å²) in [5, 5.41) is 0. The van der Waals surface area contributed by atoms with Gasteiger partial charge in [-0.25, -0.2) is 0 Å². The predicted octanol–water partition coefficient (Wildman–Crippen LogP) is 6.93. The molecule has 0 unspecified atom stereocenters. The number of aliphatic imine (C=N–C) groups is 1. The fraction of sp³-hybridized carbons (Fsp3) is 0.160. The second kappa shape index (κ2) is 8.96. The molecule has 0 bridgehead atoms. The molecule has 26 heavy (non-hydrogen) atoms. The molecule has 0 radical (unpaired) electrons. The van der Waals surface area contributed by atoms with E-state index in [2.05, 4.69) is 75.5 Å². The molecule has 1 nitrogen and oxygen atoms in total. The van der Waals surface area contributed by atoms with Crippen molar-refractivity contribution in [2.75, 3.05) is 0 Å². The third kappa shape index (κ3) is 4.58. The molecule has 0 saturated heterocycles. The number of benzene rings is 2. The van der Waals surface area contributed by atoms with Crippen LogP contribution in [-0.2, 0) is 0 Å². The number of hydrogen-bond acceptors (Lipinski definition) is 1. The van der Waals surface area contributed by atoms with Crippen molar-refractivity contribution in [1.82, 2.24) is 0 Å². The van der Waals surface area contributed by atoms with Crippen LogP contribution in [0.1, 0.15) is 41.7 Å². The van der Waals surface area contributed by atoms with Crippen LogP contribution in [0.25, 0.3) is 11.3 Å². The molecule has 0 saturated carbocycles. The Bertz CT molecular complexity index is 890. The number of aryl methyl sites for hydroxylation is 1. The largest absolute Gasteiger partial charge is 0.253 e. The number of nitrogens with zero attached hydrogens (tertiary/aromatic N) is 1. The minimum absolute atomic E-state index is 0.799. The monoisotopic (exact) mass is 341 g/mol. The van der Waals surface area contributed by atoms with Gasteiger partial charge in [-0.05, 0) is 55.5 Å². The van der Waals surface area contributed by atoms with Gasteiger partial charge in [-0.15, -0.1) is 0 Å². The Kier molecular flexibility index (Phi) is 6.68. The van der Waals surface area contributed by atoms with E-state index >= 15 is 0 Å². The zero-order chi connectivity index (χ0) is 19.1. The third-order valence-electron chi connectivity index (χ3n) is 4.54. The van der Waals surface area contributed by atoms with Crippen molar-refractivity contribution in [3.05, 3.63) is 108 Å². The van der Waals surface area contributed by atoms with Gasteiger partial charge in [0.15, 0.2) is 0 Å². The maximum absolute atomic E-state index is 4.74. The molecular formula is C25H27N. The Morgan fingerprint density at radius 3 is 2.27 bits per heavy atom. The molecule has 0 heterocycles. The second-order valence-electron chi connectivity index (χ2n) is 6.32. The van der Waals surface area contributed by atoms with Gasteiger partial charge >= 0.3 is 0 Å². The highest BCUT2D eigenvalue weighted by atomic mass is 14.8. The minimum atomic E-state index is 0.799. The van der Waals surface area contributed by atoms with Gasteiger partial charge in [-0.3, -0.25) is 4.99 Å². The summed E-state index contributed by atoms with van der Waals surface area (Å²) < 4.78 is 0. The number of hydrogen-bond donors (Lipinski definition) is 0. The summed E-state index contributed by atoms with van der Waals surface area (Å²) in [5.41, 5.74) is 8.68. The van der Waals surface area contributed by atoms with E-state index in [-0.39, 0.29) is 0 Å². The number of allylic oxidation sites excluding steroid dienone is 5. The molecule has 0 fully saturated rings. The van der Waals surface area contributed by atoms with Gasteiger partial charge < -0.3 is 0 Å². The van der Waals surface area contributed by atoms with Gasteiger partial charge in [0, 0.05) is 11.3 Å². The summed E-state index contributed by atoms with van der Waals surface area (Å²) in [7, 11) is 0. The lowest BCUT2D eigenvalue weighted by atomic mass is 10.0. The summed E-state index contributed by atoms with van der Waals surface area (Å²) in [6, 6.07) is 14.6. The van der Waals surface area contributed by atoms with Crippen molar-refractivity contribution < 1.29 is 0 Å². The molecule has 0 aliphatic carbocycles. The highest BCUT2D eigenvalue weighted by Crippen LogP contribution is 2.22. The first kappa shape index (κ1) is 19.4. The van der Waals surface area contributed by atoms with Crippen molar-refractivity contribution in [3.8, 4) is 0 Å². The second-order valence-corrected chi connectivity index (χ2v) is 6.32. The maximum atomic E-state index is 4.74. The Morgan fingerprint density at radius 1 is 1.00 bits per heavy atom. The van der Waals surface area contributed by atoms with Gasteiger partial charge in [0.25, 0.3) is 0 Å². The summed E-state index contributed by atoms with van der Waals surface area (Å²) in [5.74, 6) is 0. The Morgan fingerprint density at radius 2 is 1.65 bits per heavy atom. The van der Waals surface area contributed by atoms with Gasteiger partial charge in [0.05, 0.1) is 5.70 Å². The van der Waals surface area contributed by atoms with Gasteiger partial charge in [0.1, 0.15) is 0 Å². The van der Waals surface area contributed by atoms with Crippen molar-refractivity contribution >= 4 is 17.0 Å². The molecule has 0 amide bonds. The SMILES string of the molecule is C=C/C(=C\C=C/C)c1ccc(C(C)=NC(=C)c2cccc(C)c2C)cc1. The zero-order valence-electron chi connectivity index (χ0n) is 16.2. The Labute approximate surface area is 157 Å². The van der Waals surface area contributed by atoms with E-state index < -0.39 is 0 Å². The maximum Gasteiger partial charge on any atom is 0.0636 e. The molecule has 0 atom stereocenters. The van der Waals surface area contributed by atoms with Gasteiger partial charge in [-0.2, -0.15) is 0 Å². The van der Waals surface area contributed by atoms with Crippen LogP contribution < -0.4 is 0 Å². The average molecular weight is 341 g/mol. The van der Waals surface area contributed by atoms with Crippen LogP contribution in [0.2, 0.25) is 0 Å². The van der Waals surface area contributed by atoms with E-state index in [0.717, 1.165) is 33.7 Å². The highest BCUT2D eigenvalue weighted by Gasteiger charge is 2.06. The van der Waals surface area contributed by atoms with Crippen molar-refractivity contribution in [3.63, 3.8) is 0 Å². The molecular weight excluding hydrogens is 314 g/mol. The van der Waals surface area contributed by atoms with Crippen LogP contribution in [0, 0.1) is 13.8 Å². The third-order valence-corrected chi connectivity index (χ3v) is 4.54. The van der Waals surface area contributed by atoms with E-state index in [4.69, 9.17) is 4.99 Å². The average Bonchev–Trinajstić information content (AvgIpc) is 2.65. The van der Waals surface area contributed by atoms with Crippen LogP contribution in [0.5, 0.6) is 0 Å². The van der Waals surface area contributed by atoms with Crippen LogP contribution in [0.4, 0.5) is 0 Å². The molecule has 1 heteroatoms. The van der Waals surface area contributed by atoms with Crippen LogP contribution in [0.3, 0.4) is 0 Å². The fourth-order valence-corrected chi connectivity index (χ4v) is 2.78. The lowest BCUT2D eigenvalue weighted by Gasteiger charge is -2.10. The van der Waals surface area contributed by atoms with Gasteiger partial charge in [-0.1, -0.05) is 79.9 Å². The first-order valence-corrected chi connectivity index (χ1v) is 8.85. The van der Waals surface area contributed by atoms with Gasteiger partial charge in [0.2, 0.25) is 0 Å². The predicted molar refractivity (Wildman–Crippen MR) is 117 cm³/mol. The minimum Gasteiger partial charge on any atom is -0.253 e.